The van der Waals surface area contributed by atoms with Crippen LogP contribution < -0.4 is 5.32 Å². The Balaban J connectivity index is 1.47. The standard InChI is InChI=1S/C40H41N/c1-23(2)40(24(3)4)35-20-28(41-37-18-13-25(5)19-26(37)6)15-16-30(35)31-21-34-32(22-36(31)40)38-29-12-10-9-11-27(29)14-17-33(38)39(34,7)8/h9-24,41H,1-8H3. The van der Waals surface area contributed by atoms with E-state index in [1.54, 1.807) is 0 Å². The predicted octanol–water partition coefficient (Wildman–Crippen LogP) is 11.1. The summed E-state index contributed by atoms with van der Waals surface area (Å²) in [6, 6.07) is 32.5. The van der Waals surface area contributed by atoms with E-state index in [4.69, 9.17) is 0 Å². The van der Waals surface area contributed by atoms with Crippen LogP contribution in [0.4, 0.5) is 11.4 Å². The molecule has 1 nitrogen and oxygen atoms in total. The third kappa shape index (κ3) is 3.48. The van der Waals surface area contributed by atoms with Crippen molar-refractivity contribution < 1.29 is 0 Å². The average molecular weight is 536 g/mol. The van der Waals surface area contributed by atoms with Gasteiger partial charge in [0.15, 0.2) is 0 Å². The Hall–Kier alpha value is -3.84. The number of aryl methyl sites for hydroxylation is 2. The zero-order valence-corrected chi connectivity index (χ0v) is 25.7. The lowest BCUT2D eigenvalue weighted by Gasteiger charge is -2.40. The fourth-order valence-corrected chi connectivity index (χ4v) is 8.48. The molecule has 5 aromatic carbocycles. The molecule has 0 saturated heterocycles. The number of anilines is 2. The molecular weight excluding hydrogens is 494 g/mol. The summed E-state index contributed by atoms with van der Waals surface area (Å²) < 4.78 is 0. The first-order valence-electron chi connectivity index (χ1n) is 15.3. The summed E-state index contributed by atoms with van der Waals surface area (Å²) in [5.74, 6) is 0.886. The summed E-state index contributed by atoms with van der Waals surface area (Å²) in [5.41, 5.74) is 16.3. The van der Waals surface area contributed by atoms with Crippen LogP contribution in [0.25, 0.3) is 33.0 Å². The highest BCUT2D eigenvalue weighted by atomic mass is 14.9. The lowest BCUT2D eigenvalue weighted by Crippen LogP contribution is -2.37. The van der Waals surface area contributed by atoms with E-state index in [1.165, 1.54) is 77.8 Å². The van der Waals surface area contributed by atoms with E-state index < -0.39 is 0 Å². The van der Waals surface area contributed by atoms with Gasteiger partial charge in [-0.15, -0.1) is 0 Å². The molecule has 0 amide bonds. The molecule has 0 radical (unpaired) electrons. The maximum atomic E-state index is 3.76. The van der Waals surface area contributed by atoms with Gasteiger partial charge in [-0.3, -0.25) is 0 Å². The Morgan fingerprint density at radius 2 is 1.32 bits per heavy atom. The molecule has 5 aromatic rings. The third-order valence-electron chi connectivity index (χ3n) is 10.4. The van der Waals surface area contributed by atoms with Crippen LogP contribution >= 0.6 is 0 Å². The van der Waals surface area contributed by atoms with Crippen LogP contribution in [0.5, 0.6) is 0 Å². The van der Waals surface area contributed by atoms with Crippen LogP contribution in [0.1, 0.15) is 74.9 Å². The normalized spacial score (nSPS) is 15.7. The Morgan fingerprint density at radius 1 is 0.610 bits per heavy atom. The van der Waals surface area contributed by atoms with E-state index in [1.807, 2.05) is 0 Å². The number of hydrogen-bond donors (Lipinski definition) is 1. The second-order valence-corrected chi connectivity index (χ2v) is 13.7. The van der Waals surface area contributed by atoms with Gasteiger partial charge in [-0.1, -0.05) is 102 Å². The minimum absolute atomic E-state index is 0.0464. The minimum atomic E-state index is -0.0722. The molecule has 1 heteroatoms. The monoisotopic (exact) mass is 535 g/mol. The lowest BCUT2D eigenvalue weighted by atomic mass is 9.62. The predicted molar refractivity (Wildman–Crippen MR) is 177 cm³/mol. The van der Waals surface area contributed by atoms with Gasteiger partial charge in [0.05, 0.1) is 0 Å². The van der Waals surface area contributed by atoms with Crippen molar-refractivity contribution in [1.82, 2.24) is 0 Å². The van der Waals surface area contributed by atoms with Gasteiger partial charge in [-0.25, -0.2) is 0 Å². The molecule has 0 atom stereocenters. The lowest BCUT2D eigenvalue weighted by molar-refractivity contribution is 0.280. The van der Waals surface area contributed by atoms with Crippen molar-refractivity contribution in [1.29, 1.82) is 0 Å². The highest BCUT2D eigenvalue weighted by molar-refractivity contribution is 6.03. The highest BCUT2D eigenvalue weighted by Crippen LogP contribution is 2.61. The van der Waals surface area contributed by atoms with Gasteiger partial charge in [0, 0.05) is 22.2 Å². The molecule has 0 aliphatic heterocycles. The summed E-state index contributed by atoms with van der Waals surface area (Å²) in [7, 11) is 0. The molecule has 7 rings (SSSR count). The molecular formula is C40H41N. The average Bonchev–Trinajstić information content (AvgIpc) is 3.35. The van der Waals surface area contributed by atoms with Gasteiger partial charge in [0.1, 0.15) is 0 Å². The molecule has 1 N–H and O–H groups in total. The molecule has 0 spiro atoms. The third-order valence-corrected chi connectivity index (χ3v) is 10.4. The second-order valence-electron chi connectivity index (χ2n) is 13.7. The first-order valence-corrected chi connectivity index (χ1v) is 15.3. The molecule has 0 heterocycles. The summed E-state index contributed by atoms with van der Waals surface area (Å²) in [5, 5.41) is 6.45. The van der Waals surface area contributed by atoms with Crippen molar-refractivity contribution in [2.24, 2.45) is 11.8 Å². The molecule has 0 saturated carbocycles. The minimum Gasteiger partial charge on any atom is -0.355 e. The van der Waals surface area contributed by atoms with Crippen LogP contribution in [0.3, 0.4) is 0 Å². The van der Waals surface area contributed by atoms with Gasteiger partial charge in [-0.05, 0) is 117 Å². The number of hydrogen-bond acceptors (Lipinski definition) is 1. The highest BCUT2D eigenvalue weighted by Gasteiger charge is 2.49. The maximum Gasteiger partial charge on any atom is 0.0414 e. The van der Waals surface area contributed by atoms with Gasteiger partial charge < -0.3 is 5.32 Å². The van der Waals surface area contributed by atoms with Gasteiger partial charge in [0.25, 0.3) is 0 Å². The second kappa shape index (κ2) is 8.83. The van der Waals surface area contributed by atoms with Crippen LogP contribution in [0.2, 0.25) is 0 Å². The molecule has 0 fully saturated rings. The number of rotatable bonds is 4. The van der Waals surface area contributed by atoms with Crippen molar-refractivity contribution >= 4 is 22.1 Å². The van der Waals surface area contributed by atoms with Crippen LogP contribution in [0.15, 0.2) is 84.9 Å². The summed E-state index contributed by atoms with van der Waals surface area (Å²) in [4.78, 5) is 0. The zero-order chi connectivity index (χ0) is 28.8. The largest absolute Gasteiger partial charge is 0.355 e. The summed E-state index contributed by atoms with van der Waals surface area (Å²) in [6.45, 7) is 18.8. The number of benzene rings is 5. The molecule has 2 aliphatic carbocycles. The number of nitrogens with one attached hydrogen (secondary N) is 1. The van der Waals surface area contributed by atoms with Crippen LogP contribution in [0, 0.1) is 25.7 Å². The van der Waals surface area contributed by atoms with E-state index in [-0.39, 0.29) is 10.8 Å². The van der Waals surface area contributed by atoms with Gasteiger partial charge in [0.2, 0.25) is 0 Å². The van der Waals surface area contributed by atoms with E-state index >= 15 is 0 Å². The quantitative estimate of drug-likeness (QED) is 0.241. The molecule has 2 aliphatic rings. The fraction of sp³-hybridized carbons (Fsp3) is 0.300. The Bertz CT molecular complexity index is 1860. The van der Waals surface area contributed by atoms with Crippen molar-refractivity contribution in [3.05, 3.63) is 118 Å². The summed E-state index contributed by atoms with van der Waals surface area (Å²) in [6.07, 6.45) is 0. The molecule has 206 valence electrons. The van der Waals surface area contributed by atoms with Gasteiger partial charge >= 0.3 is 0 Å². The first kappa shape index (κ1) is 26.1. The first-order chi connectivity index (χ1) is 19.5. The fourth-order valence-electron chi connectivity index (χ4n) is 8.48. The Morgan fingerprint density at radius 3 is 2.05 bits per heavy atom. The molecule has 0 bridgehead atoms. The zero-order valence-electron chi connectivity index (χ0n) is 25.7. The molecule has 0 unspecified atom stereocenters. The smallest absolute Gasteiger partial charge is 0.0414 e. The Labute approximate surface area is 245 Å². The number of fused-ring (bicyclic) bond motifs is 8. The van der Waals surface area contributed by atoms with E-state index in [9.17, 15) is 0 Å². The van der Waals surface area contributed by atoms with Crippen LogP contribution in [-0.2, 0) is 10.8 Å². The molecule has 0 aromatic heterocycles. The summed E-state index contributed by atoms with van der Waals surface area (Å²) >= 11 is 0. The van der Waals surface area contributed by atoms with Gasteiger partial charge in [-0.2, -0.15) is 0 Å². The van der Waals surface area contributed by atoms with E-state index in [0.717, 1.165) is 0 Å². The van der Waals surface area contributed by atoms with Crippen molar-refractivity contribution in [3.63, 3.8) is 0 Å². The van der Waals surface area contributed by atoms with Crippen molar-refractivity contribution in [2.45, 2.75) is 66.2 Å². The van der Waals surface area contributed by atoms with E-state index in [0.29, 0.717) is 11.8 Å². The van der Waals surface area contributed by atoms with E-state index in [2.05, 4.69) is 146 Å². The SMILES string of the molecule is Cc1ccc(Nc2ccc3c(c2)C(C(C)C)(C(C)C)c2cc4c(cc2-3)C(C)(C)c2ccc3ccccc3c2-4)c(C)c1. The maximum absolute atomic E-state index is 3.76. The molecule has 41 heavy (non-hydrogen) atoms. The van der Waals surface area contributed by atoms with Crippen molar-refractivity contribution in [3.8, 4) is 22.3 Å². The van der Waals surface area contributed by atoms with Crippen LogP contribution in [-0.4, -0.2) is 0 Å². The van der Waals surface area contributed by atoms with Crippen molar-refractivity contribution in [2.75, 3.05) is 5.32 Å². The Kier molecular flexibility index (Phi) is 5.62. The topological polar surface area (TPSA) is 12.0 Å².